The lowest BCUT2D eigenvalue weighted by molar-refractivity contribution is 0.0948. The van der Waals surface area contributed by atoms with Gasteiger partial charge in [0.1, 0.15) is 0 Å². The van der Waals surface area contributed by atoms with Crippen LogP contribution in [0.15, 0.2) is 0 Å². The molecule has 13 heavy (non-hydrogen) atoms. The van der Waals surface area contributed by atoms with Crippen LogP contribution in [0.5, 0.6) is 0 Å². The summed E-state index contributed by atoms with van der Waals surface area (Å²) in [5.74, 6) is 2.52. The zero-order chi connectivity index (χ0) is 9.57. The quantitative estimate of drug-likeness (QED) is 0.550. The van der Waals surface area contributed by atoms with Crippen LogP contribution in [0, 0.1) is 12.3 Å². The van der Waals surface area contributed by atoms with Crippen LogP contribution < -0.4 is 11.1 Å². The molecule has 4 heteroatoms. The molecule has 0 aromatic heterocycles. The third-order valence-electron chi connectivity index (χ3n) is 2.08. The van der Waals surface area contributed by atoms with Crippen LogP contribution in [0.3, 0.4) is 0 Å². The molecule has 1 aliphatic heterocycles. The van der Waals surface area contributed by atoms with Crippen molar-refractivity contribution in [1.29, 1.82) is 0 Å². The number of hydrogen-bond donors (Lipinski definition) is 2. The van der Waals surface area contributed by atoms with Crippen molar-refractivity contribution in [1.82, 2.24) is 5.32 Å². The molecule has 1 aliphatic rings. The Morgan fingerprint density at radius 2 is 2.00 bits per heavy atom. The molecule has 1 fully saturated rings. The second kappa shape index (κ2) is 5.20. The predicted octanol–water partition coefficient (Wildman–Crippen LogP) is -1.05. The maximum atomic E-state index is 5.66. The smallest absolute Gasteiger partial charge is 0.0784 e. The molecular weight excluding hydrogens is 168 g/mol. The summed E-state index contributed by atoms with van der Waals surface area (Å²) in [5.41, 5.74) is 5.35. The second-order valence-electron chi connectivity index (χ2n) is 3.15. The maximum Gasteiger partial charge on any atom is 0.0784 e. The Morgan fingerprint density at radius 1 is 1.38 bits per heavy atom. The summed E-state index contributed by atoms with van der Waals surface area (Å²) >= 11 is 0. The van der Waals surface area contributed by atoms with Crippen LogP contribution in [0.25, 0.3) is 0 Å². The summed E-state index contributed by atoms with van der Waals surface area (Å²) < 4.78 is 10.7. The van der Waals surface area contributed by atoms with Gasteiger partial charge in [0.15, 0.2) is 0 Å². The van der Waals surface area contributed by atoms with E-state index in [1.54, 1.807) is 0 Å². The van der Waals surface area contributed by atoms with Gasteiger partial charge in [0, 0.05) is 6.54 Å². The molecule has 74 valence electrons. The van der Waals surface area contributed by atoms with Gasteiger partial charge in [-0.2, -0.15) is 0 Å². The van der Waals surface area contributed by atoms with Gasteiger partial charge < -0.3 is 15.2 Å². The fourth-order valence-corrected chi connectivity index (χ4v) is 1.23. The Balaban J connectivity index is 2.49. The standard InChI is InChI=1S/C9H16N2O2/c1-2-3-11-9(6-10)7-12-4-5-13-8-9/h1,11H,3-8,10H2. The molecule has 0 atom stereocenters. The molecule has 1 saturated heterocycles. The Kier molecular flexibility index (Phi) is 4.19. The van der Waals surface area contributed by atoms with Gasteiger partial charge in [0.05, 0.1) is 38.5 Å². The van der Waals surface area contributed by atoms with Crippen LogP contribution in [-0.2, 0) is 9.47 Å². The van der Waals surface area contributed by atoms with Crippen LogP contribution in [-0.4, -0.2) is 45.1 Å². The SMILES string of the molecule is C#CCNC1(CN)COCCOC1. The lowest BCUT2D eigenvalue weighted by Crippen LogP contribution is -2.57. The van der Waals surface area contributed by atoms with Crippen LogP contribution >= 0.6 is 0 Å². The highest BCUT2D eigenvalue weighted by molar-refractivity contribution is 4.96. The number of terminal acetylenes is 1. The summed E-state index contributed by atoms with van der Waals surface area (Å²) in [6.07, 6.45) is 5.16. The summed E-state index contributed by atoms with van der Waals surface area (Å²) in [4.78, 5) is 0. The summed E-state index contributed by atoms with van der Waals surface area (Å²) in [6, 6.07) is 0. The van der Waals surface area contributed by atoms with Gasteiger partial charge in [0.25, 0.3) is 0 Å². The average Bonchev–Trinajstić information content (AvgIpc) is 2.41. The van der Waals surface area contributed by atoms with Gasteiger partial charge in [-0.1, -0.05) is 5.92 Å². The number of hydrogen-bond acceptors (Lipinski definition) is 4. The topological polar surface area (TPSA) is 56.5 Å². The number of ether oxygens (including phenoxy) is 2. The Labute approximate surface area is 78.8 Å². The molecule has 4 nitrogen and oxygen atoms in total. The molecule has 0 amide bonds. The van der Waals surface area contributed by atoms with Crippen LogP contribution in [0.2, 0.25) is 0 Å². The molecular formula is C9H16N2O2. The fraction of sp³-hybridized carbons (Fsp3) is 0.778. The molecule has 0 aromatic carbocycles. The lowest BCUT2D eigenvalue weighted by atomic mass is 10.0. The highest BCUT2D eigenvalue weighted by Crippen LogP contribution is 2.07. The molecule has 0 spiro atoms. The van der Waals surface area contributed by atoms with E-state index in [9.17, 15) is 0 Å². The van der Waals surface area contributed by atoms with E-state index in [1.807, 2.05) is 0 Å². The molecule has 0 aromatic rings. The van der Waals surface area contributed by atoms with Crippen molar-refractivity contribution in [3.63, 3.8) is 0 Å². The fourth-order valence-electron chi connectivity index (χ4n) is 1.23. The molecule has 1 rings (SSSR count). The largest absolute Gasteiger partial charge is 0.377 e. The monoisotopic (exact) mass is 184 g/mol. The second-order valence-corrected chi connectivity index (χ2v) is 3.15. The van der Waals surface area contributed by atoms with Crippen molar-refractivity contribution in [2.45, 2.75) is 5.54 Å². The van der Waals surface area contributed by atoms with Crippen LogP contribution in [0.1, 0.15) is 0 Å². The molecule has 0 radical (unpaired) electrons. The normalized spacial score (nSPS) is 21.8. The first-order chi connectivity index (χ1) is 6.33. The summed E-state index contributed by atoms with van der Waals surface area (Å²) in [6.45, 7) is 3.33. The van der Waals surface area contributed by atoms with E-state index in [2.05, 4.69) is 11.2 Å². The zero-order valence-electron chi connectivity index (χ0n) is 7.71. The number of nitrogens with two attached hydrogens (primary N) is 1. The van der Waals surface area contributed by atoms with Crippen molar-refractivity contribution in [2.75, 3.05) is 39.5 Å². The number of rotatable bonds is 3. The highest BCUT2D eigenvalue weighted by atomic mass is 16.5. The van der Waals surface area contributed by atoms with Gasteiger partial charge >= 0.3 is 0 Å². The van der Waals surface area contributed by atoms with Crippen molar-refractivity contribution < 1.29 is 9.47 Å². The molecule has 0 unspecified atom stereocenters. The Bertz CT molecular complexity index is 181. The van der Waals surface area contributed by atoms with Gasteiger partial charge in [0.2, 0.25) is 0 Å². The van der Waals surface area contributed by atoms with Crippen molar-refractivity contribution in [2.24, 2.45) is 5.73 Å². The highest BCUT2D eigenvalue weighted by Gasteiger charge is 2.30. The molecule has 0 bridgehead atoms. The van der Waals surface area contributed by atoms with Crippen molar-refractivity contribution >= 4 is 0 Å². The predicted molar refractivity (Wildman–Crippen MR) is 50.3 cm³/mol. The summed E-state index contributed by atoms with van der Waals surface area (Å²) in [5, 5.41) is 3.16. The van der Waals surface area contributed by atoms with Gasteiger partial charge in [-0.05, 0) is 0 Å². The lowest BCUT2D eigenvalue weighted by Gasteiger charge is -2.30. The minimum absolute atomic E-state index is 0.303. The van der Waals surface area contributed by atoms with Gasteiger partial charge in [-0.25, -0.2) is 0 Å². The Hall–Kier alpha value is -0.600. The molecule has 0 saturated carbocycles. The van der Waals surface area contributed by atoms with E-state index in [4.69, 9.17) is 21.6 Å². The van der Waals surface area contributed by atoms with Crippen LogP contribution in [0.4, 0.5) is 0 Å². The summed E-state index contributed by atoms with van der Waals surface area (Å²) in [7, 11) is 0. The van der Waals surface area contributed by atoms with Gasteiger partial charge in [-0.3, -0.25) is 5.32 Å². The van der Waals surface area contributed by atoms with Gasteiger partial charge in [-0.15, -0.1) is 6.42 Å². The first-order valence-corrected chi connectivity index (χ1v) is 4.37. The van der Waals surface area contributed by atoms with Crippen molar-refractivity contribution in [3.05, 3.63) is 0 Å². The maximum absolute atomic E-state index is 5.66. The third kappa shape index (κ3) is 2.98. The van der Waals surface area contributed by atoms with E-state index >= 15 is 0 Å². The minimum atomic E-state index is -0.303. The van der Waals surface area contributed by atoms with E-state index in [0.717, 1.165) is 0 Å². The van der Waals surface area contributed by atoms with Crippen molar-refractivity contribution in [3.8, 4) is 12.3 Å². The third-order valence-corrected chi connectivity index (χ3v) is 2.08. The van der Waals surface area contributed by atoms with E-state index in [-0.39, 0.29) is 5.54 Å². The molecule has 1 heterocycles. The molecule has 3 N–H and O–H groups in total. The molecule has 0 aliphatic carbocycles. The zero-order valence-corrected chi connectivity index (χ0v) is 7.71. The minimum Gasteiger partial charge on any atom is -0.377 e. The number of nitrogens with one attached hydrogen (secondary N) is 1. The Morgan fingerprint density at radius 3 is 2.46 bits per heavy atom. The first-order valence-electron chi connectivity index (χ1n) is 4.37. The van der Waals surface area contributed by atoms with E-state index in [1.165, 1.54) is 0 Å². The van der Waals surface area contributed by atoms with E-state index < -0.39 is 0 Å². The van der Waals surface area contributed by atoms with E-state index in [0.29, 0.717) is 39.5 Å². The first kappa shape index (κ1) is 10.5. The average molecular weight is 184 g/mol.